The van der Waals surface area contributed by atoms with Crippen LogP contribution in [-0.4, -0.2) is 34.0 Å². The molecule has 0 aliphatic heterocycles. The predicted molar refractivity (Wildman–Crippen MR) is 70.7 cm³/mol. The molecule has 0 bridgehead atoms. The Hall–Kier alpha value is 0.137. The number of hydrogen-bond acceptors (Lipinski definition) is 2. The zero-order valence-corrected chi connectivity index (χ0v) is 12.0. The van der Waals surface area contributed by atoms with Gasteiger partial charge >= 0.3 is 0 Å². The molecular formula is C12H28N2Si. The Balaban J connectivity index is 1.95. The van der Waals surface area contributed by atoms with Crippen molar-refractivity contribution < 1.29 is 0 Å². The van der Waals surface area contributed by atoms with Gasteiger partial charge in [0.1, 0.15) is 0 Å². The first-order chi connectivity index (χ1) is 7.36. The minimum absolute atomic E-state index is 0.138. The molecule has 1 aliphatic carbocycles. The van der Waals surface area contributed by atoms with E-state index in [1.54, 1.807) is 0 Å². The van der Waals surface area contributed by atoms with Gasteiger partial charge < -0.3 is 9.55 Å². The molecule has 15 heavy (non-hydrogen) atoms. The van der Waals surface area contributed by atoms with E-state index in [4.69, 9.17) is 0 Å². The number of rotatable bonds is 7. The molecule has 0 saturated heterocycles. The van der Waals surface area contributed by atoms with Crippen molar-refractivity contribution in [1.29, 1.82) is 0 Å². The van der Waals surface area contributed by atoms with E-state index >= 15 is 0 Å². The SMILES string of the molecule is CCN(CC)[SiH2]NCCC1CCCCC1. The van der Waals surface area contributed by atoms with Crippen LogP contribution in [0.2, 0.25) is 0 Å². The summed E-state index contributed by atoms with van der Waals surface area (Å²) in [5, 5.41) is 0. The van der Waals surface area contributed by atoms with Crippen LogP contribution in [0.25, 0.3) is 0 Å². The predicted octanol–water partition coefficient (Wildman–Crippen LogP) is 1.89. The Morgan fingerprint density at radius 3 is 2.40 bits per heavy atom. The van der Waals surface area contributed by atoms with Gasteiger partial charge in [-0.1, -0.05) is 46.0 Å². The molecule has 2 nitrogen and oxygen atoms in total. The van der Waals surface area contributed by atoms with Crippen molar-refractivity contribution in [3.8, 4) is 0 Å². The monoisotopic (exact) mass is 228 g/mol. The van der Waals surface area contributed by atoms with E-state index in [-0.39, 0.29) is 9.84 Å². The summed E-state index contributed by atoms with van der Waals surface area (Å²) in [6.45, 7) is 8.24. The summed E-state index contributed by atoms with van der Waals surface area (Å²) in [5.74, 6) is 1.04. The molecule has 1 N–H and O–H groups in total. The first kappa shape index (κ1) is 13.2. The van der Waals surface area contributed by atoms with Crippen molar-refractivity contribution in [1.82, 2.24) is 9.55 Å². The molecule has 0 aromatic rings. The first-order valence-electron chi connectivity index (χ1n) is 6.79. The Labute approximate surface area is 97.8 Å². The van der Waals surface area contributed by atoms with Gasteiger partial charge in [0.15, 0.2) is 9.84 Å². The van der Waals surface area contributed by atoms with Crippen molar-refractivity contribution in [2.75, 3.05) is 19.6 Å². The minimum atomic E-state index is -0.138. The van der Waals surface area contributed by atoms with Crippen molar-refractivity contribution in [3.63, 3.8) is 0 Å². The molecule has 1 fully saturated rings. The lowest BCUT2D eigenvalue weighted by molar-refractivity contribution is 0.339. The third-order valence-corrected chi connectivity index (χ3v) is 5.60. The third kappa shape index (κ3) is 5.69. The molecule has 0 atom stereocenters. The summed E-state index contributed by atoms with van der Waals surface area (Å²) in [6.07, 6.45) is 8.87. The van der Waals surface area contributed by atoms with Gasteiger partial charge in [0.05, 0.1) is 0 Å². The molecule has 1 aliphatic rings. The third-order valence-electron chi connectivity index (χ3n) is 3.68. The Morgan fingerprint density at radius 1 is 1.13 bits per heavy atom. The van der Waals surface area contributed by atoms with Gasteiger partial charge in [0.25, 0.3) is 0 Å². The molecule has 0 spiro atoms. The number of nitrogens with one attached hydrogen (secondary N) is 1. The van der Waals surface area contributed by atoms with E-state index in [1.165, 1.54) is 58.2 Å². The van der Waals surface area contributed by atoms with Crippen molar-refractivity contribution in [2.45, 2.75) is 52.4 Å². The second-order valence-corrected chi connectivity index (χ2v) is 6.46. The van der Waals surface area contributed by atoms with Crippen LogP contribution in [0.4, 0.5) is 0 Å². The van der Waals surface area contributed by atoms with Crippen LogP contribution in [0.1, 0.15) is 52.4 Å². The summed E-state index contributed by atoms with van der Waals surface area (Å²) < 4.78 is 2.57. The van der Waals surface area contributed by atoms with E-state index in [9.17, 15) is 0 Å². The highest BCUT2D eigenvalue weighted by atomic mass is 28.2. The van der Waals surface area contributed by atoms with Gasteiger partial charge in [-0.2, -0.15) is 0 Å². The maximum Gasteiger partial charge on any atom is 0.170 e. The lowest BCUT2D eigenvalue weighted by atomic mass is 9.87. The van der Waals surface area contributed by atoms with Crippen molar-refractivity contribution >= 4 is 9.84 Å². The molecule has 1 rings (SSSR count). The quantitative estimate of drug-likeness (QED) is 0.529. The van der Waals surface area contributed by atoms with Crippen LogP contribution in [0.3, 0.4) is 0 Å². The van der Waals surface area contributed by atoms with Crippen molar-refractivity contribution in [2.24, 2.45) is 5.92 Å². The van der Waals surface area contributed by atoms with Crippen LogP contribution in [-0.2, 0) is 0 Å². The molecule has 90 valence electrons. The fourth-order valence-corrected chi connectivity index (χ4v) is 3.59. The van der Waals surface area contributed by atoms with Crippen molar-refractivity contribution in [3.05, 3.63) is 0 Å². The number of hydrogen-bond donors (Lipinski definition) is 1. The van der Waals surface area contributed by atoms with Crippen LogP contribution >= 0.6 is 0 Å². The molecule has 0 unspecified atom stereocenters. The summed E-state index contributed by atoms with van der Waals surface area (Å²) in [7, 11) is -0.138. The summed E-state index contributed by atoms with van der Waals surface area (Å²) in [5.41, 5.74) is 0. The van der Waals surface area contributed by atoms with E-state index in [0.717, 1.165) is 5.92 Å². The minimum Gasteiger partial charge on any atom is -0.330 e. The van der Waals surface area contributed by atoms with Gasteiger partial charge in [-0.3, -0.25) is 0 Å². The average molecular weight is 228 g/mol. The zero-order chi connectivity index (χ0) is 10.9. The Bertz CT molecular complexity index is 143. The lowest BCUT2D eigenvalue weighted by Crippen LogP contribution is -2.38. The van der Waals surface area contributed by atoms with E-state index in [2.05, 4.69) is 23.4 Å². The highest BCUT2D eigenvalue weighted by molar-refractivity contribution is 6.28. The van der Waals surface area contributed by atoms with E-state index in [1.807, 2.05) is 0 Å². The average Bonchev–Trinajstić information content (AvgIpc) is 2.31. The highest BCUT2D eigenvalue weighted by Crippen LogP contribution is 2.25. The summed E-state index contributed by atoms with van der Waals surface area (Å²) in [4.78, 5) is 3.70. The number of nitrogens with zero attached hydrogens (tertiary/aromatic N) is 1. The van der Waals surface area contributed by atoms with Gasteiger partial charge in [-0.15, -0.1) is 0 Å². The van der Waals surface area contributed by atoms with Gasteiger partial charge in [-0.25, -0.2) is 0 Å². The molecule has 0 aromatic heterocycles. The summed E-state index contributed by atoms with van der Waals surface area (Å²) >= 11 is 0. The maximum atomic E-state index is 3.70. The van der Waals surface area contributed by atoms with Crippen LogP contribution in [0.5, 0.6) is 0 Å². The van der Waals surface area contributed by atoms with Gasteiger partial charge in [0.2, 0.25) is 0 Å². The van der Waals surface area contributed by atoms with Gasteiger partial charge in [-0.05, 0) is 32.0 Å². The fraction of sp³-hybridized carbons (Fsp3) is 1.00. The summed E-state index contributed by atoms with van der Waals surface area (Å²) in [6, 6.07) is 0. The topological polar surface area (TPSA) is 15.3 Å². The first-order valence-corrected chi connectivity index (χ1v) is 8.13. The smallest absolute Gasteiger partial charge is 0.170 e. The van der Waals surface area contributed by atoms with Crippen LogP contribution in [0.15, 0.2) is 0 Å². The Kier molecular flexibility index (Phi) is 7.31. The zero-order valence-electron chi connectivity index (χ0n) is 10.6. The maximum absolute atomic E-state index is 3.70. The molecule has 0 amide bonds. The lowest BCUT2D eigenvalue weighted by Gasteiger charge is -2.23. The standard InChI is InChI=1S/C12H28N2Si/c1-3-14(4-2)15-13-11-10-12-8-6-5-7-9-12/h12-13H,3-11,15H2,1-2H3. The second-order valence-electron chi connectivity index (χ2n) is 4.75. The van der Waals surface area contributed by atoms with E-state index < -0.39 is 0 Å². The second kappa shape index (κ2) is 8.31. The molecule has 1 saturated carbocycles. The van der Waals surface area contributed by atoms with Crippen LogP contribution in [0, 0.1) is 5.92 Å². The van der Waals surface area contributed by atoms with Crippen LogP contribution < -0.4 is 4.98 Å². The largest absolute Gasteiger partial charge is 0.330 e. The molecule has 0 radical (unpaired) electrons. The van der Waals surface area contributed by atoms with Gasteiger partial charge in [0, 0.05) is 0 Å². The molecule has 3 heteroatoms. The molecular weight excluding hydrogens is 200 g/mol. The molecule has 0 aromatic carbocycles. The fourth-order valence-electron chi connectivity index (χ4n) is 2.47. The molecule has 0 heterocycles. The highest BCUT2D eigenvalue weighted by Gasteiger charge is 2.12. The normalized spacial score (nSPS) is 19.4. The Morgan fingerprint density at radius 2 is 1.80 bits per heavy atom. The van der Waals surface area contributed by atoms with E-state index in [0.29, 0.717) is 0 Å².